The molecule has 6 nitrogen and oxygen atoms in total. The minimum absolute atomic E-state index is 0.0198. The molecular weight excluding hydrogens is 397 g/mol. The topological polar surface area (TPSA) is 81.3 Å². The van der Waals surface area contributed by atoms with Crippen LogP contribution < -0.4 is 10.5 Å². The highest BCUT2D eigenvalue weighted by atomic mass is 35.5. The number of carbonyl (C=O) groups is 1. The van der Waals surface area contributed by atoms with Crippen LogP contribution in [-0.2, 0) is 12.8 Å². The highest BCUT2D eigenvalue weighted by Crippen LogP contribution is 2.35. The maximum absolute atomic E-state index is 13.1. The van der Waals surface area contributed by atoms with E-state index < -0.39 is 17.8 Å². The summed E-state index contributed by atoms with van der Waals surface area (Å²) in [4.78, 5) is 21.2. The standard InChI is InChI=1S/C18H18ClF3N4O2/c19-15-3-1-2-14(18(20,21)22)13(15)10-28-12-8-24-16(25-9-12)11-4-6-26(7-5-11)17(23)27/h1-3,8-9,11H,4-7,10H2,(H2,23,27). The Morgan fingerprint density at radius 2 is 1.89 bits per heavy atom. The molecule has 1 saturated heterocycles. The van der Waals surface area contributed by atoms with E-state index in [-0.39, 0.29) is 28.9 Å². The van der Waals surface area contributed by atoms with Crippen LogP contribution in [0.15, 0.2) is 30.6 Å². The second-order valence-corrected chi connectivity index (χ2v) is 6.84. The Bertz CT molecular complexity index is 838. The Morgan fingerprint density at radius 1 is 1.25 bits per heavy atom. The number of piperidine rings is 1. The zero-order valence-electron chi connectivity index (χ0n) is 14.7. The Kier molecular flexibility index (Phi) is 5.93. The molecule has 2 N–H and O–H groups in total. The number of primary amides is 1. The van der Waals surface area contributed by atoms with Gasteiger partial charge in [-0.3, -0.25) is 0 Å². The lowest BCUT2D eigenvalue weighted by Crippen LogP contribution is -2.41. The average molecular weight is 415 g/mol. The molecule has 1 aromatic carbocycles. The van der Waals surface area contributed by atoms with Gasteiger partial charge in [-0.2, -0.15) is 13.2 Å². The van der Waals surface area contributed by atoms with Crippen molar-refractivity contribution in [3.63, 3.8) is 0 Å². The van der Waals surface area contributed by atoms with E-state index in [1.54, 1.807) is 4.90 Å². The number of nitrogens with zero attached hydrogens (tertiary/aromatic N) is 3. The minimum atomic E-state index is -4.52. The van der Waals surface area contributed by atoms with E-state index in [9.17, 15) is 18.0 Å². The van der Waals surface area contributed by atoms with Crippen LogP contribution in [0.5, 0.6) is 5.75 Å². The number of alkyl halides is 3. The number of amides is 2. The van der Waals surface area contributed by atoms with Crippen molar-refractivity contribution in [1.82, 2.24) is 14.9 Å². The SMILES string of the molecule is NC(=O)N1CCC(c2ncc(OCc3c(Cl)cccc3C(F)(F)F)cn2)CC1. The van der Waals surface area contributed by atoms with Gasteiger partial charge in [-0.25, -0.2) is 14.8 Å². The summed E-state index contributed by atoms with van der Waals surface area (Å²) in [5, 5.41) is -0.0198. The molecule has 3 rings (SSSR count). The van der Waals surface area contributed by atoms with E-state index in [0.29, 0.717) is 31.8 Å². The lowest BCUT2D eigenvalue weighted by Gasteiger charge is -2.29. The molecule has 0 aliphatic carbocycles. The molecule has 1 aliphatic heterocycles. The van der Waals surface area contributed by atoms with Crippen molar-refractivity contribution in [2.24, 2.45) is 5.73 Å². The Balaban J connectivity index is 1.64. The van der Waals surface area contributed by atoms with E-state index in [0.717, 1.165) is 6.07 Å². The van der Waals surface area contributed by atoms with Gasteiger partial charge in [-0.05, 0) is 25.0 Å². The largest absolute Gasteiger partial charge is 0.486 e. The third-order valence-electron chi connectivity index (χ3n) is 4.63. The highest BCUT2D eigenvalue weighted by molar-refractivity contribution is 6.31. The number of aromatic nitrogens is 2. The van der Waals surface area contributed by atoms with Crippen LogP contribution in [0.2, 0.25) is 5.02 Å². The Hall–Kier alpha value is -2.55. The van der Waals surface area contributed by atoms with Gasteiger partial charge in [0.25, 0.3) is 0 Å². The number of ether oxygens (including phenoxy) is 1. The molecule has 1 aromatic heterocycles. The molecule has 1 aliphatic rings. The summed E-state index contributed by atoms with van der Waals surface area (Å²) in [5.41, 5.74) is 4.29. The van der Waals surface area contributed by atoms with Crippen LogP contribution in [0, 0.1) is 0 Å². The zero-order valence-corrected chi connectivity index (χ0v) is 15.5. The number of hydrogen-bond donors (Lipinski definition) is 1. The lowest BCUT2D eigenvalue weighted by molar-refractivity contribution is -0.138. The van der Waals surface area contributed by atoms with Gasteiger partial charge in [0.1, 0.15) is 12.4 Å². The van der Waals surface area contributed by atoms with Crippen LogP contribution in [0.25, 0.3) is 0 Å². The van der Waals surface area contributed by atoms with Gasteiger partial charge < -0.3 is 15.4 Å². The first-order chi connectivity index (χ1) is 13.3. The van der Waals surface area contributed by atoms with Crippen LogP contribution in [0.1, 0.15) is 35.7 Å². The van der Waals surface area contributed by atoms with Crippen molar-refractivity contribution in [2.45, 2.75) is 31.5 Å². The number of rotatable bonds is 4. The maximum atomic E-state index is 13.1. The van der Waals surface area contributed by atoms with Crippen LogP contribution in [-0.4, -0.2) is 34.0 Å². The number of benzene rings is 1. The number of hydrogen-bond acceptors (Lipinski definition) is 4. The van der Waals surface area contributed by atoms with E-state index in [4.69, 9.17) is 22.1 Å². The molecule has 0 saturated carbocycles. The summed E-state index contributed by atoms with van der Waals surface area (Å²) < 4.78 is 44.8. The summed E-state index contributed by atoms with van der Waals surface area (Å²) in [6.45, 7) is 0.719. The first-order valence-corrected chi connectivity index (χ1v) is 8.97. The second-order valence-electron chi connectivity index (χ2n) is 6.43. The van der Waals surface area contributed by atoms with Crippen LogP contribution in [0.4, 0.5) is 18.0 Å². The molecular formula is C18H18ClF3N4O2. The quantitative estimate of drug-likeness (QED) is 0.820. The number of nitrogens with two attached hydrogens (primary N) is 1. The molecule has 0 bridgehead atoms. The number of carbonyl (C=O) groups excluding carboxylic acids is 1. The molecule has 0 atom stereocenters. The molecule has 10 heteroatoms. The normalized spacial score (nSPS) is 15.5. The fourth-order valence-electron chi connectivity index (χ4n) is 3.10. The minimum Gasteiger partial charge on any atom is -0.486 e. The summed E-state index contributed by atoms with van der Waals surface area (Å²) in [7, 11) is 0. The van der Waals surface area contributed by atoms with E-state index >= 15 is 0 Å². The predicted octanol–water partition coefficient (Wildman–Crippen LogP) is 3.99. The van der Waals surface area contributed by atoms with Gasteiger partial charge in [0, 0.05) is 29.6 Å². The van der Waals surface area contributed by atoms with Gasteiger partial charge in [0.15, 0.2) is 5.75 Å². The van der Waals surface area contributed by atoms with Crippen molar-refractivity contribution in [3.05, 3.63) is 52.6 Å². The zero-order chi connectivity index (χ0) is 20.3. The third-order valence-corrected chi connectivity index (χ3v) is 4.98. The van der Waals surface area contributed by atoms with E-state index in [1.165, 1.54) is 24.5 Å². The van der Waals surface area contributed by atoms with Crippen molar-refractivity contribution in [3.8, 4) is 5.75 Å². The monoisotopic (exact) mass is 414 g/mol. The molecule has 150 valence electrons. The van der Waals surface area contributed by atoms with Crippen molar-refractivity contribution >= 4 is 17.6 Å². The molecule has 2 aromatic rings. The van der Waals surface area contributed by atoms with Gasteiger partial charge >= 0.3 is 12.2 Å². The summed E-state index contributed by atoms with van der Waals surface area (Å²) in [6, 6.07) is 3.15. The Labute approximate surface area is 164 Å². The molecule has 1 fully saturated rings. The van der Waals surface area contributed by atoms with Gasteiger partial charge in [0.05, 0.1) is 18.0 Å². The summed E-state index contributed by atoms with van der Waals surface area (Å²) >= 11 is 5.91. The fraction of sp³-hybridized carbons (Fsp3) is 0.389. The summed E-state index contributed by atoms with van der Waals surface area (Å²) in [5.74, 6) is 0.932. The molecule has 2 heterocycles. The van der Waals surface area contributed by atoms with Crippen molar-refractivity contribution < 1.29 is 22.7 Å². The average Bonchev–Trinajstić information content (AvgIpc) is 2.66. The smallest absolute Gasteiger partial charge is 0.416 e. The van der Waals surface area contributed by atoms with E-state index in [1.807, 2.05) is 0 Å². The van der Waals surface area contributed by atoms with E-state index in [2.05, 4.69) is 9.97 Å². The van der Waals surface area contributed by atoms with Gasteiger partial charge in [-0.15, -0.1) is 0 Å². The number of urea groups is 1. The molecule has 0 spiro atoms. The molecule has 2 amide bonds. The molecule has 0 unspecified atom stereocenters. The maximum Gasteiger partial charge on any atom is 0.416 e. The third kappa shape index (κ3) is 4.64. The van der Waals surface area contributed by atoms with Crippen LogP contribution >= 0.6 is 11.6 Å². The van der Waals surface area contributed by atoms with Crippen LogP contribution in [0.3, 0.4) is 0 Å². The van der Waals surface area contributed by atoms with Crippen molar-refractivity contribution in [2.75, 3.05) is 13.1 Å². The second kappa shape index (κ2) is 8.22. The first kappa shape index (κ1) is 20.2. The Morgan fingerprint density at radius 3 is 2.46 bits per heavy atom. The fourth-order valence-corrected chi connectivity index (χ4v) is 3.33. The molecule has 28 heavy (non-hydrogen) atoms. The first-order valence-electron chi connectivity index (χ1n) is 8.59. The van der Waals surface area contributed by atoms with Gasteiger partial charge in [-0.1, -0.05) is 17.7 Å². The predicted molar refractivity (Wildman–Crippen MR) is 95.9 cm³/mol. The highest BCUT2D eigenvalue weighted by Gasteiger charge is 2.34. The number of halogens is 4. The number of likely N-dealkylation sites (tertiary alicyclic amines) is 1. The van der Waals surface area contributed by atoms with Crippen molar-refractivity contribution in [1.29, 1.82) is 0 Å². The summed E-state index contributed by atoms with van der Waals surface area (Å²) in [6.07, 6.45) is -0.293. The lowest BCUT2D eigenvalue weighted by atomic mass is 9.96. The molecule has 0 radical (unpaired) electrons. The van der Waals surface area contributed by atoms with Gasteiger partial charge in [0.2, 0.25) is 0 Å².